The first-order chi connectivity index (χ1) is 8.78. The maximum Gasteiger partial charge on any atom is 0.227 e. The Morgan fingerprint density at radius 3 is 2.94 bits per heavy atom. The van der Waals surface area contributed by atoms with Gasteiger partial charge in [-0.3, -0.25) is 0 Å². The fourth-order valence-electron chi connectivity index (χ4n) is 3.39. The second-order valence-electron chi connectivity index (χ2n) is 5.40. The molecule has 0 aromatic carbocycles. The minimum absolute atomic E-state index is 0.483. The molecule has 3 rings (SSSR count). The highest BCUT2D eigenvalue weighted by atomic mass is 15.3. The summed E-state index contributed by atoms with van der Waals surface area (Å²) in [7, 11) is 0. The average Bonchev–Trinajstić information content (AvgIpc) is 2.81. The van der Waals surface area contributed by atoms with Crippen LogP contribution in [0.2, 0.25) is 0 Å². The van der Waals surface area contributed by atoms with Gasteiger partial charge in [0.25, 0.3) is 0 Å². The summed E-state index contributed by atoms with van der Waals surface area (Å²) in [4.78, 5) is 11.2. The van der Waals surface area contributed by atoms with E-state index in [4.69, 9.17) is 5.26 Å². The van der Waals surface area contributed by atoms with E-state index >= 15 is 0 Å². The molecular weight excluding hydrogens is 224 g/mol. The molecule has 1 aliphatic heterocycles. The molecule has 0 bridgehead atoms. The van der Waals surface area contributed by atoms with Crippen LogP contribution in [0.15, 0.2) is 6.07 Å². The Labute approximate surface area is 108 Å². The number of fused-ring (bicyclic) bond motifs is 1. The summed E-state index contributed by atoms with van der Waals surface area (Å²) in [6, 6.07) is 4.48. The van der Waals surface area contributed by atoms with Gasteiger partial charge >= 0.3 is 0 Å². The van der Waals surface area contributed by atoms with E-state index in [2.05, 4.69) is 20.9 Å². The zero-order valence-electron chi connectivity index (χ0n) is 10.8. The summed E-state index contributed by atoms with van der Waals surface area (Å²) in [5, 5.41) is 9.00. The molecular formula is C14H18N4. The molecule has 2 aliphatic rings. The smallest absolute Gasteiger partial charge is 0.227 e. The van der Waals surface area contributed by atoms with Gasteiger partial charge in [0.1, 0.15) is 11.8 Å². The van der Waals surface area contributed by atoms with Crippen LogP contribution < -0.4 is 4.90 Å². The van der Waals surface area contributed by atoms with E-state index in [0.29, 0.717) is 11.7 Å². The molecule has 1 aliphatic carbocycles. The normalized spacial score (nSPS) is 26.8. The first kappa shape index (κ1) is 11.5. The molecule has 0 radical (unpaired) electrons. The molecule has 1 aromatic heterocycles. The van der Waals surface area contributed by atoms with Crippen LogP contribution in [0.1, 0.15) is 43.5 Å². The van der Waals surface area contributed by atoms with Gasteiger partial charge < -0.3 is 4.90 Å². The van der Waals surface area contributed by atoms with Gasteiger partial charge in [-0.2, -0.15) is 5.26 Å². The third kappa shape index (κ3) is 1.94. The molecule has 0 spiro atoms. The van der Waals surface area contributed by atoms with Crippen LogP contribution in [-0.4, -0.2) is 22.6 Å². The zero-order valence-corrected chi connectivity index (χ0v) is 10.8. The summed E-state index contributed by atoms with van der Waals surface area (Å²) in [5.41, 5.74) is 1.37. The van der Waals surface area contributed by atoms with Crippen LogP contribution in [0.25, 0.3) is 0 Å². The van der Waals surface area contributed by atoms with Crippen molar-refractivity contribution in [2.24, 2.45) is 5.92 Å². The molecule has 1 aromatic rings. The van der Waals surface area contributed by atoms with Crippen molar-refractivity contribution in [2.45, 2.75) is 45.1 Å². The van der Waals surface area contributed by atoms with Crippen molar-refractivity contribution >= 4 is 5.95 Å². The lowest BCUT2D eigenvalue weighted by atomic mass is 9.85. The second-order valence-corrected chi connectivity index (χ2v) is 5.40. The van der Waals surface area contributed by atoms with Gasteiger partial charge in [0, 0.05) is 18.3 Å². The van der Waals surface area contributed by atoms with Gasteiger partial charge in [0.2, 0.25) is 5.95 Å². The molecule has 18 heavy (non-hydrogen) atoms. The van der Waals surface area contributed by atoms with E-state index in [1.807, 2.05) is 6.92 Å². The Morgan fingerprint density at radius 1 is 1.28 bits per heavy atom. The van der Waals surface area contributed by atoms with Crippen molar-refractivity contribution in [3.8, 4) is 6.07 Å². The van der Waals surface area contributed by atoms with Gasteiger partial charge in [-0.1, -0.05) is 12.8 Å². The Balaban J connectivity index is 1.91. The third-order valence-electron chi connectivity index (χ3n) is 4.22. The van der Waals surface area contributed by atoms with Gasteiger partial charge in [0.15, 0.2) is 0 Å². The minimum atomic E-state index is 0.483. The fraction of sp³-hybridized carbons (Fsp3) is 0.643. The SMILES string of the molecule is Cc1cc(C#N)nc(N2CCC3CCCCC32)n1. The van der Waals surface area contributed by atoms with Crippen LogP contribution in [-0.2, 0) is 0 Å². The predicted molar refractivity (Wildman–Crippen MR) is 69.2 cm³/mol. The van der Waals surface area contributed by atoms with Crippen molar-refractivity contribution in [1.82, 2.24) is 9.97 Å². The van der Waals surface area contributed by atoms with E-state index in [1.165, 1.54) is 32.1 Å². The molecule has 0 amide bonds. The van der Waals surface area contributed by atoms with E-state index in [0.717, 1.165) is 24.1 Å². The number of aryl methyl sites for hydroxylation is 1. The van der Waals surface area contributed by atoms with E-state index in [1.54, 1.807) is 6.07 Å². The molecule has 4 nitrogen and oxygen atoms in total. The maximum absolute atomic E-state index is 9.00. The van der Waals surface area contributed by atoms with Crippen molar-refractivity contribution in [3.05, 3.63) is 17.5 Å². The molecule has 0 N–H and O–H groups in total. The van der Waals surface area contributed by atoms with Crippen LogP contribution in [0.4, 0.5) is 5.95 Å². The standard InChI is InChI=1S/C14H18N4/c1-10-8-12(9-15)17-14(16-10)18-7-6-11-4-2-3-5-13(11)18/h8,11,13H,2-7H2,1H3. The highest BCUT2D eigenvalue weighted by Crippen LogP contribution is 2.37. The molecule has 2 fully saturated rings. The molecule has 4 heteroatoms. The second kappa shape index (κ2) is 4.56. The van der Waals surface area contributed by atoms with Crippen molar-refractivity contribution in [2.75, 3.05) is 11.4 Å². The summed E-state index contributed by atoms with van der Waals surface area (Å²) < 4.78 is 0. The van der Waals surface area contributed by atoms with E-state index in [-0.39, 0.29) is 0 Å². The highest BCUT2D eigenvalue weighted by molar-refractivity contribution is 5.39. The van der Waals surface area contributed by atoms with Gasteiger partial charge in [-0.25, -0.2) is 9.97 Å². The molecule has 2 unspecified atom stereocenters. The molecule has 2 atom stereocenters. The predicted octanol–water partition coefficient (Wildman–Crippen LogP) is 2.43. The highest BCUT2D eigenvalue weighted by Gasteiger charge is 2.36. The van der Waals surface area contributed by atoms with Crippen molar-refractivity contribution in [1.29, 1.82) is 5.26 Å². The number of rotatable bonds is 1. The summed E-state index contributed by atoms with van der Waals surface area (Å²) in [5.74, 6) is 1.58. The Bertz CT molecular complexity index is 491. The van der Waals surface area contributed by atoms with Gasteiger partial charge in [-0.15, -0.1) is 0 Å². The van der Waals surface area contributed by atoms with E-state index in [9.17, 15) is 0 Å². The largest absolute Gasteiger partial charge is 0.338 e. The minimum Gasteiger partial charge on any atom is -0.338 e. The maximum atomic E-state index is 9.00. The zero-order chi connectivity index (χ0) is 12.5. The number of anilines is 1. The number of nitriles is 1. The fourth-order valence-corrected chi connectivity index (χ4v) is 3.39. The molecule has 2 heterocycles. The Morgan fingerprint density at radius 2 is 2.11 bits per heavy atom. The number of hydrogen-bond donors (Lipinski definition) is 0. The van der Waals surface area contributed by atoms with Crippen LogP contribution >= 0.6 is 0 Å². The van der Waals surface area contributed by atoms with Crippen molar-refractivity contribution < 1.29 is 0 Å². The summed E-state index contributed by atoms with van der Waals surface area (Å²) >= 11 is 0. The van der Waals surface area contributed by atoms with Crippen LogP contribution in [0, 0.1) is 24.2 Å². The third-order valence-corrected chi connectivity index (χ3v) is 4.22. The molecule has 1 saturated carbocycles. The first-order valence-corrected chi connectivity index (χ1v) is 6.80. The summed E-state index contributed by atoms with van der Waals surface area (Å²) in [6.07, 6.45) is 6.54. The van der Waals surface area contributed by atoms with E-state index < -0.39 is 0 Å². The quantitative estimate of drug-likeness (QED) is 0.759. The number of nitrogens with zero attached hydrogens (tertiary/aromatic N) is 4. The Kier molecular flexibility index (Phi) is 2.91. The molecule has 1 saturated heterocycles. The molecule has 94 valence electrons. The summed E-state index contributed by atoms with van der Waals surface area (Å²) in [6.45, 7) is 2.98. The lowest BCUT2D eigenvalue weighted by Gasteiger charge is -2.31. The van der Waals surface area contributed by atoms with Crippen molar-refractivity contribution in [3.63, 3.8) is 0 Å². The van der Waals surface area contributed by atoms with Crippen LogP contribution in [0.5, 0.6) is 0 Å². The Hall–Kier alpha value is -1.63. The van der Waals surface area contributed by atoms with Gasteiger partial charge in [-0.05, 0) is 38.2 Å². The number of aromatic nitrogens is 2. The topological polar surface area (TPSA) is 52.8 Å². The lowest BCUT2D eigenvalue weighted by Crippen LogP contribution is -2.36. The lowest BCUT2D eigenvalue weighted by molar-refractivity contribution is 0.340. The average molecular weight is 242 g/mol. The monoisotopic (exact) mass is 242 g/mol. The van der Waals surface area contributed by atoms with Gasteiger partial charge in [0.05, 0.1) is 0 Å². The first-order valence-electron chi connectivity index (χ1n) is 6.80. The number of hydrogen-bond acceptors (Lipinski definition) is 4. The van der Waals surface area contributed by atoms with Crippen LogP contribution in [0.3, 0.4) is 0 Å².